The van der Waals surface area contributed by atoms with Gasteiger partial charge in [-0.1, -0.05) is 19.9 Å². The van der Waals surface area contributed by atoms with Gasteiger partial charge in [0, 0.05) is 11.6 Å². The van der Waals surface area contributed by atoms with Crippen LogP contribution in [0.25, 0.3) is 0 Å². The summed E-state index contributed by atoms with van der Waals surface area (Å²) in [7, 11) is 0. The summed E-state index contributed by atoms with van der Waals surface area (Å²) in [5, 5.41) is 8.93. The standard InChI is InChI=1S/C14H14N2O5/c1-6(7(2)14(20)21)11(17)16-12(18)8-4-3-5-9(15)10(8)13(16)19/h3-7H,15H2,1-2H3,(H,20,21). The number of carboxylic acids is 1. The molecule has 21 heavy (non-hydrogen) atoms. The first-order valence-corrected chi connectivity index (χ1v) is 6.31. The van der Waals surface area contributed by atoms with Crippen molar-refractivity contribution in [2.24, 2.45) is 11.8 Å². The van der Waals surface area contributed by atoms with Crippen LogP contribution in [0.1, 0.15) is 34.6 Å². The number of fused-ring (bicyclic) bond motifs is 1. The van der Waals surface area contributed by atoms with E-state index in [1.165, 1.54) is 32.0 Å². The second-order valence-electron chi connectivity index (χ2n) is 4.97. The summed E-state index contributed by atoms with van der Waals surface area (Å²) in [6.45, 7) is 2.71. The van der Waals surface area contributed by atoms with Crippen LogP contribution in [0.2, 0.25) is 0 Å². The fraction of sp³-hybridized carbons (Fsp3) is 0.286. The summed E-state index contributed by atoms with van der Waals surface area (Å²) in [6, 6.07) is 4.38. The lowest BCUT2D eigenvalue weighted by molar-refractivity contribution is -0.147. The molecule has 110 valence electrons. The van der Waals surface area contributed by atoms with Crippen molar-refractivity contribution >= 4 is 29.4 Å². The monoisotopic (exact) mass is 290 g/mol. The molecule has 3 amide bonds. The van der Waals surface area contributed by atoms with E-state index < -0.39 is 35.5 Å². The van der Waals surface area contributed by atoms with E-state index in [-0.39, 0.29) is 16.8 Å². The highest BCUT2D eigenvalue weighted by Crippen LogP contribution is 2.29. The van der Waals surface area contributed by atoms with Crippen molar-refractivity contribution in [2.45, 2.75) is 13.8 Å². The number of nitrogen functional groups attached to an aromatic ring is 1. The van der Waals surface area contributed by atoms with Crippen LogP contribution in [-0.4, -0.2) is 33.7 Å². The Morgan fingerprint density at radius 2 is 1.76 bits per heavy atom. The van der Waals surface area contributed by atoms with E-state index in [4.69, 9.17) is 10.8 Å². The first kappa shape index (κ1) is 14.7. The average Bonchev–Trinajstić information content (AvgIpc) is 2.69. The van der Waals surface area contributed by atoms with Gasteiger partial charge in [-0.05, 0) is 12.1 Å². The molecule has 2 unspecified atom stereocenters. The van der Waals surface area contributed by atoms with Gasteiger partial charge in [-0.3, -0.25) is 19.2 Å². The largest absolute Gasteiger partial charge is 0.481 e. The van der Waals surface area contributed by atoms with Crippen LogP contribution in [0.5, 0.6) is 0 Å². The molecular formula is C14H14N2O5. The molecule has 0 aliphatic carbocycles. The predicted molar refractivity (Wildman–Crippen MR) is 72.3 cm³/mol. The summed E-state index contributed by atoms with van der Waals surface area (Å²) in [4.78, 5) is 48.1. The Kier molecular flexibility index (Phi) is 3.51. The number of benzene rings is 1. The van der Waals surface area contributed by atoms with Crippen LogP contribution in [0.4, 0.5) is 5.69 Å². The highest BCUT2D eigenvalue weighted by Gasteiger charge is 2.44. The molecule has 1 aromatic carbocycles. The van der Waals surface area contributed by atoms with Crippen molar-refractivity contribution in [3.63, 3.8) is 0 Å². The van der Waals surface area contributed by atoms with Crippen LogP contribution in [-0.2, 0) is 9.59 Å². The molecule has 1 aliphatic rings. The number of hydrogen-bond donors (Lipinski definition) is 2. The molecule has 1 aromatic rings. The molecule has 0 aromatic heterocycles. The fourth-order valence-corrected chi connectivity index (χ4v) is 2.14. The number of nitrogens with two attached hydrogens (primary N) is 1. The number of carboxylic acid groups (broad SMARTS) is 1. The molecule has 1 heterocycles. The lowest BCUT2D eigenvalue weighted by Gasteiger charge is -2.20. The molecule has 0 saturated carbocycles. The first-order chi connectivity index (χ1) is 9.77. The van der Waals surface area contributed by atoms with Crippen molar-refractivity contribution in [1.29, 1.82) is 0 Å². The average molecular weight is 290 g/mol. The van der Waals surface area contributed by atoms with Crippen molar-refractivity contribution in [3.8, 4) is 0 Å². The number of anilines is 1. The third-order valence-corrected chi connectivity index (χ3v) is 3.70. The Balaban J connectivity index is 2.38. The predicted octanol–water partition coefficient (Wildman–Crippen LogP) is 0.748. The molecule has 0 radical (unpaired) electrons. The molecule has 7 heteroatoms. The molecular weight excluding hydrogens is 276 g/mol. The summed E-state index contributed by atoms with van der Waals surface area (Å²) in [6.07, 6.45) is 0. The summed E-state index contributed by atoms with van der Waals surface area (Å²) in [5.41, 5.74) is 5.83. The Morgan fingerprint density at radius 1 is 1.14 bits per heavy atom. The molecule has 3 N–H and O–H groups in total. The van der Waals surface area contributed by atoms with Crippen LogP contribution in [0.3, 0.4) is 0 Å². The molecule has 2 atom stereocenters. The Labute approximate surface area is 120 Å². The summed E-state index contributed by atoms with van der Waals surface area (Å²) in [5.74, 6) is -5.60. The maximum Gasteiger partial charge on any atom is 0.307 e. The zero-order valence-corrected chi connectivity index (χ0v) is 11.5. The van der Waals surface area contributed by atoms with Crippen molar-refractivity contribution in [1.82, 2.24) is 4.90 Å². The molecule has 0 saturated heterocycles. The molecule has 1 aliphatic heterocycles. The molecule has 0 fully saturated rings. The number of aliphatic carboxylic acids is 1. The summed E-state index contributed by atoms with van der Waals surface area (Å²) < 4.78 is 0. The minimum atomic E-state index is -1.17. The zero-order chi connectivity index (χ0) is 15.9. The molecule has 2 rings (SSSR count). The maximum atomic E-state index is 12.3. The molecule has 0 bridgehead atoms. The minimum absolute atomic E-state index is 0.00831. The van der Waals surface area contributed by atoms with Crippen LogP contribution < -0.4 is 5.73 Å². The van der Waals surface area contributed by atoms with E-state index in [1.54, 1.807) is 0 Å². The van der Waals surface area contributed by atoms with E-state index in [9.17, 15) is 19.2 Å². The number of carbonyl (C=O) groups is 4. The summed E-state index contributed by atoms with van der Waals surface area (Å²) >= 11 is 0. The lowest BCUT2D eigenvalue weighted by Crippen LogP contribution is -2.42. The van der Waals surface area contributed by atoms with Crippen LogP contribution in [0, 0.1) is 11.8 Å². The third-order valence-electron chi connectivity index (χ3n) is 3.70. The van der Waals surface area contributed by atoms with E-state index in [2.05, 4.69) is 0 Å². The van der Waals surface area contributed by atoms with E-state index in [1.807, 2.05) is 0 Å². The van der Waals surface area contributed by atoms with Gasteiger partial charge in [0.05, 0.1) is 17.0 Å². The smallest absolute Gasteiger partial charge is 0.307 e. The Morgan fingerprint density at radius 3 is 2.29 bits per heavy atom. The second kappa shape index (κ2) is 5.01. The van der Waals surface area contributed by atoms with Crippen LogP contribution in [0.15, 0.2) is 18.2 Å². The number of rotatable bonds is 3. The van der Waals surface area contributed by atoms with Gasteiger partial charge in [0.2, 0.25) is 5.91 Å². The van der Waals surface area contributed by atoms with Gasteiger partial charge in [-0.25, -0.2) is 4.90 Å². The van der Waals surface area contributed by atoms with Crippen molar-refractivity contribution in [2.75, 3.05) is 5.73 Å². The number of hydrogen-bond acceptors (Lipinski definition) is 5. The third kappa shape index (κ3) is 2.16. The van der Waals surface area contributed by atoms with E-state index in [0.717, 1.165) is 0 Å². The van der Waals surface area contributed by atoms with Gasteiger partial charge in [0.1, 0.15) is 0 Å². The lowest BCUT2D eigenvalue weighted by atomic mass is 9.95. The first-order valence-electron chi connectivity index (χ1n) is 6.31. The number of carbonyl (C=O) groups excluding carboxylic acids is 3. The highest BCUT2D eigenvalue weighted by molar-refractivity contribution is 6.30. The SMILES string of the molecule is CC(C(=O)O)C(C)C(=O)N1C(=O)c2cccc(N)c2C1=O. The van der Waals surface area contributed by atoms with Gasteiger partial charge in [0.15, 0.2) is 0 Å². The Bertz CT molecular complexity index is 667. The van der Waals surface area contributed by atoms with Gasteiger partial charge < -0.3 is 10.8 Å². The van der Waals surface area contributed by atoms with Gasteiger partial charge >= 0.3 is 5.97 Å². The fourth-order valence-electron chi connectivity index (χ4n) is 2.14. The van der Waals surface area contributed by atoms with Crippen LogP contribution >= 0.6 is 0 Å². The zero-order valence-electron chi connectivity index (χ0n) is 11.5. The molecule has 0 spiro atoms. The quantitative estimate of drug-likeness (QED) is 0.626. The van der Waals surface area contributed by atoms with Crippen molar-refractivity contribution in [3.05, 3.63) is 29.3 Å². The maximum absolute atomic E-state index is 12.3. The second-order valence-corrected chi connectivity index (χ2v) is 4.97. The van der Waals surface area contributed by atoms with Gasteiger partial charge in [-0.15, -0.1) is 0 Å². The number of nitrogens with zero attached hydrogens (tertiary/aromatic N) is 1. The Hall–Kier alpha value is -2.70. The normalized spacial score (nSPS) is 16.6. The van der Waals surface area contributed by atoms with E-state index >= 15 is 0 Å². The topological polar surface area (TPSA) is 118 Å². The van der Waals surface area contributed by atoms with Crippen molar-refractivity contribution < 1.29 is 24.3 Å². The molecule has 7 nitrogen and oxygen atoms in total. The van der Waals surface area contributed by atoms with Gasteiger partial charge in [-0.2, -0.15) is 0 Å². The van der Waals surface area contributed by atoms with Gasteiger partial charge in [0.25, 0.3) is 11.8 Å². The minimum Gasteiger partial charge on any atom is -0.481 e. The number of imide groups is 3. The number of amides is 3. The van der Waals surface area contributed by atoms with E-state index in [0.29, 0.717) is 4.90 Å². The highest BCUT2D eigenvalue weighted by atomic mass is 16.4.